The highest BCUT2D eigenvalue weighted by Crippen LogP contribution is 2.25. The highest BCUT2D eigenvalue weighted by atomic mass is 16.3. The van der Waals surface area contributed by atoms with Gasteiger partial charge in [0.2, 0.25) is 5.91 Å². The van der Waals surface area contributed by atoms with Crippen molar-refractivity contribution in [2.45, 2.75) is 39.5 Å². The lowest BCUT2D eigenvalue weighted by atomic mass is 10.2. The lowest BCUT2D eigenvalue weighted by molar-refractivity contribution is -0.124. The molecule has 1 heterocycles. The molecule has 0 aliphatic carbocycles. The van der Waals surface area contributed by atoms with Crippen LogP contribution in [0.3, 0.4) is 0 Å². The van der Waals surface area contributed by atoms with Crippen molar-refractivity contribution < 1.29 is 15.0 Å². The maximum absolute atomic E-state index is 11.7. The second kappa shape index (κ2) is 10.7. The quantitative estimate of drug-likeness (QED) is 0.586. The van der Waals surface area contributed by atoms with Crippen LogP contribution in [0.2, 0.25) is 0 Å². The summed E-state index contributed by atoms with van der Waals surface area (Å²) in [6, 6.07) is 4.46. The third kappa shape index (κ3) is 6.63. The number of likely N-dealkylation sites (tertiary alicyclic amines) is 1. The lowest BCUT2D eigenvalue weighted by Gasteiger charge is -2.11. The molecule has 22 heavy (non-hydrogen) atoms. The van der Waals surface area contributed by atoms with E-state index in [0.29, 0.717) is 5.56 Å². The molecule has 5 nitrogen and oxygen atoms in total. The average Bonchev–Trinajstić information content (AvgIpc) is 3.03. The van der Waals surface area contributed by atoms with Crippen LogP contribution in [0.15, 0.2) is 24.3 Å². The van der Waals surface area contributed by atoms with Crippen LogP contribution in [0.5, 0.6) is 11.5 Å². The Kier molecular flexibility index (Phi) is 9.70. The Morgan fingerprint density at radius 3 is 2.23 bits per heavy atom. The van der Waals surface area contributed by atoms with Gasteiger partial charge in [-0.15, -0.1) is 0 Å². The van der Waals surface area contributed by atoms with Crippen molar-refractivity contribution in [1.29, 1.82) is 0 Å². The van der Waals surface area contributed by atoms with Gasteiger partial charge < -0.3 is 21.3 Å². The van der Waals surface area contributed by atoms with Crippen LogP contribution in [0.25, 0.3) is 6.08 Å². The molecule has 1 saturated heterocycles. The number of unbranched alkanes of at least 4 members (excludes halogenated alkanes) is 1. The molecular formula is C17H28N2O3. The third-order valence-corrected chi connectivity index (χ3v) is 3.34. The van der Waals surface area contributed by atoms with Gasteiger partial charge in [-0.2, -0.15) is 0 Å². The molecule has 1 fully saturated rings. The lowest BCUT2D eigenvalue weighted by Crippen LogP contribution is -2.25. The molecule has 5 N–H and O–H groups in total. The SMILES string of the molecule is CCCC.N.O=C(/C=C/c1ccc(O)c(O)c1)N1CCCC1. The summed E-state index contributed by atoms with van der Waals surface area (Å²) < 4.78 is 0. The predicted molar refractivity (Wildman–Crippen MR) is 90.2 cm³/mol. The van der Waals surface area contributed by atoms with Gasteiger partial charge in [-0.25, -0.2) is 0 Å². The van der Waals surface area contributed by atoms with Gasteiger partial charge in [-0.05, 0) is 36.6 Å². The van der Waals surface area contributed by atoms with Crippen LogP contribution >= 0.6 is 0 Å². The Morgan fingerprint density at radius 1 is 1.14 bits per heavy atom. The smallest absolute Gasteiger partial charge is 0.246 e. The Morgan fingerprint density at radius 2 is 1.73 bits per heavy atom. The van der Waals surface area contributed by atoms with E-state index in [1.54, 1.807) is 17.0 Å². The number of rotatable bonds is 3. The van der Waals surface area contributed by atoms with E-state index in [2.05, 4.69) is 13.8 Å². The zero-order chi connectivity index (χ0) is 15.7. The van der Waals surface area contributed by atoms with E-state index >= 15 is 0 Å². The first kappa shape index (κ1) is 20.0. The fraction of sp³-hybridized carbons (Fsp3) is 0.471. The molecule has 0 bridgehead atoms. The maximum Gasteiger partial charge on any atom is 0.246 e. The number of hydrogen-bond acceptors (Lipinski definition) is 4. The van der Waals surface area contributed by atoms with Crippen molar-refractivity contribution in [2.75, 3.05) is 13.1 Å². The normalized spacial score (nSPS) is 13.5. The Labute approximate surface area is 132 Å². The van der Waals surface area contributed by atoms with Crippen molar-refractivity contribution in [3.05, 3.63) is 29.8 Å². The summed E-state index contributed by atoms with van der Waals surface area (Å²) in [4.78, 5) is 13.5. The summed E-state index contributed by atoms with van der Waals surface area (Å²) >= 11 is 0. The fourth-order valence-corrected chi connectivity index (χ4v) is 1.85. The minimum Gasteiger partial charge on any atom is -0.504 e. The third-order valence-electron chi connectivity index (χ3n) is 3.34. The summed E-state index contributed by atoms with van der Waals surface area (Å²) in [6.45, 7) is 6.01. The summed E-state index contributed by atoms with van der Waals surface area (Å²) in [5.74, 6) is -0.344. The fourth-order valence-electron chi connectivity index (χ4n) is 1.85. The van der Waals surface area contributed by atoms with Gasteiger partial charge in [0.1, 0.15) is 0 Å². The van der Waals surface area contributed by atoms with Crippen molar-refractivity contribution in [2.24, 2.45) is 0 Å². The second-order valence-corrected chi connectivity index (χ2v) is 5.11. The molecule has 0 radical (unpaired) electrons. The first-order valence-corrected chi connectivity index (χ1v) is 7.57. The molecule has 0 saturated carbocycles. The van der Waals surface area contributed by atoms with Gasteiger partial charge in [0.05, 0.1) is 0 Å². The van der Waals surface area contributed by atoms with Crippen molar-refractivity contribution in [1.82, 2.24) is 11.1 Å². The van der Waals surface area contributed by atoms with Gasteiger partial charge in [-0.3, -0.25) is 4.79 Å². The molecule has 1 amide bonds. The minimum atomic E-state index is -0.180. The molecular weight excluding hydrogens is 280 g/mol. The van der Waals surface area contributed by atoms with Crippen LogP contribution < -0.4 is 6.15 Å². The van der Waals surface area contributed by atoms with Crippen LogP contribution in [0, 0.1) is 0 Å². The first-order chi connectivity index (χ1) is 10.1. The number of carbonyl (C=O) groups is 1. The molecule has 1 aliphatic rings. The molecule has 5 heteroatoms. The zero-order valence-electron chi connectivity index (χ0n) is 13.6. The monoisotopic (exact) mass is 308 g/mol. The minimum absolute atomic E-state index is 0. The topological polar surface area (TPSA) is 95.8 Å². The molecule has 0 aromatic heterocycles. The second-order valence-electron chi connectivity index (χ2n) is 5.11. The van der Waals surface area contributed by atoms with E-state index < -0.39 is 0 Å². The summed E-state index contributed by atoms with van der Waals surface area (Å²) in [5.41, 5.74) is 0.688. The van der Waals surface area contributed by atoms with Gasteiger partial charge in [-0.1, -0.05) is 32.8 Å². The summed E-state index contributed by atoms with van der Waals surface area (Å²) in [5, 5.41) is 18.4. The molecule has 0 unspecified atom stereocenters. The van der Waals surface area contributed by atoms with E-state index in [1.807, 2.05) is 0 Å². The van der Waals surface area contributed by atoms with Crippen molar-refractivity contribution >= 4 is 12.0 Å². The molecule has 1 aromatic rings. The largest absolute Gasteiger partial charge is 0.504 e. The Bertz CT molecular complexity index is 479. The van der Waals surface area contributed by atoms with E-state index in [9.17, 15) is 9.90 Å². The molecule has 0 spiro atoms. The number of phenolic OH excluding ortho intramolecular Hbond substituents is 2. The first-order valence-electron chi connectivity index (χ1n) is 7.57. The predicted octanol–water partition coefficient (Wildman–Crippen LogP) is 3.70. The van der Waals surface area contributed by atoms with Crippen LogP contribution in [-0.2, 0) is 4.79 Å². The zero-order valence-corrected chi connectivity index (χ0v) is 13.6. The molecule has 124 valence electrons. The van der Waals surface area contributed by atoms with Gasteiger partial charge >= 0.3 is 0 Å². The highest BCUT2D eigenvalue weighted by Gasteiger charge is 2.14. The molecule has 0 atom stereocenters. The molecule has 2 rings (SSSR count). The number of aromatic hydroxyl groups is 2. The maximum atomic E-state index is 11.7. The standard InChI is InChI=1S/C13H15NO3.C4H10.H3N/c15-11-5-3-10(9-12(11)16)4-6-13(17)14-7-1-2-8-14;1-3-4-2;/h3-6,9,15-16H,1-2,7-8H2;3-4H2,1-2H3;1H3/b6-4+;;. The number of benzene rings is 1. The Balaban J connectivity index is 0.000000791. The number of nitrogens with zero attached hydrogens (tertiary/aromatic N) is 1. The van der Waals surface area contributed by atoms with E-state index in [-0.39, 0.29) is 23.6 Å². The molecule has 1 aromatic carbocycles. The van der Waals surface area contributed by atoms with Crippen LogP contribution in [0.1, 0.15) is 45.1 Å². The summed E-state index contributed by atoms with van der Waals surface area (Å²) in [7, 11) is 0. The number of phenols is 2. The van der Waals surface area contributed by atoms with Crippen molar-refractivity contribution in [3.63, 3.8) is 0 Å². The van der Waals surface area contributed by atoms with Crippen molar-refractivity contribution in [3.8, 4) is 11.5 Å². The van der Waals surface area contributed by atoms with E-state index in [4.69, 9.17) is 5.11 Å². The van der Waals surface area contributed by atoms with Crippen LogP contribution in [-0.4, -0.2) is 34.1 Å². The van der Waals surface area contributed by atoms with E-state index in [1.165, 1.54) is 31.1 Å². The van der Waals surface area contributed by atoms with Gasteiger partial charge in [0.25, 0.3) is 0 Å². The van der Waals surface area contributed by atoms with Crippen LogP contribution in [0.4, 0.5) is 0 Å². The number of amides is 1. The van der Waals surface area contributed by atoms with Gasteiger partial charge in [0, 0.05) is 19.2 Å². The van der Waals surface area contributed by atoms with E-state index in [0.717, 1.165) is 25.9 Å². The summed E-state index contributed by atoms with van der Waals surface area (Å²) in [6.07, 6.45) is 7.91. The average molecular weight is 308 g/mol. The highest BCUT2D eigenvalue weighted by molar-refractivity contribution is 5.92. The van der Waals surface area contributed by atoms with Gasteiger partial charge in [0.15, 0.2) is 11.5 Å². The Hall–Kier alpha value is -2.01. The number of carbonyl (C=O) groups excluding carboxylic acids is 1. The number of hydrogen-bond donors (Lipinski definition) is 3. The molecule has 1 aliphatic heterocycles.